The van der Waals surface area contributed by atoms with E-state index in [1.165, 1.54) is 25.7 Å². The molecule has 1 heterocycles. The van der Waals surface area contributed by atoms with Crippen LogP contribution in [0.25, 0.3) is 0 Å². The Morgan fingerprint density at radius 2 is 1.90 bits per heavy atom. The number of hydrogen-bond donors (Lipinski definition) is 3. The first kappa shape index (κ1) is 28.1. The van der Waals surface area contributed by atoms with Crippen molar-refractivity contribution < 1.29 is 8.42 Å². The summed E-state index contributed by atoms with van der Waals surface area (Å²) in [5.41, 5.74) is 0.168. The van der Waals surface area contributed by atoms with Gasteiger partial charge in [-0.2, -0.15) is 0 Å². The van der Waals surface area contributed by atoms with E-state index in [0.29, 0.717) is 29.0 Å². The summed E-state index contributed by atoms with van der Waals surface area (Å²) in [4.78, 5) is 7.14. The van der Waals surface area contributed by atoms with E-state index in [1.54, 1.807) is 19.2 Å². The third kappa shape index (κ3) is 9.23. The molecule has 0 spiro atoms. The van der Waals surface area contributed by atoms with E-state index < -0.39 is 15.6 Å². The summed E-state index contributed by atoms with van der Waals surface area (Å²) in [5, 5.41) is 6.61. The normalized spacial score (nSPS) is 18.4. The van der Waals surface area contributed by atoms with Crippen molar-refractivity contribution in [3.05, 3.63) is 29.8 Å². The maximum absolute atomic E-state index is 12.8. The van der Waals surface area contributed by atoms with Crippen LogP contribution in [-0.2, 0) is 16.6 Å². The van der Waals surface area contributed by atoms with Crippen molar-refractivity contribution >= 4 is 40.0 Å². The lowest BCUT2D eigenvalue weighted by molar-refractivity contribution is 0.147. The second-order valence-electron chi connectivity index (χ2n) is 8.91. The SMILES string of the molecule is CCC1CCCCN1CCNC(=NC)NCc1ccccc1S(=O)(=O)NC(C)(C)C.I. The van der Waals surface area contributed by atoms with Gasteiger partial charge in [-0.25, -0.2) is 13.1 Å². The van der Waals surface area contributed by atoms with Crippen molar-refractivity contribution in [3.63, 3.8) is 0 Å². The van der Waals surface area contributed by atoms with Crippen LogP contribution in [0.2, 0.25) is 0 Å². The van der Waals surface area contributed by atoms with E-state index in [0.717, 1.165) is 19.6 Å². The Labute approximate surface area is 205 Å². The summed E-state index contributed by atoms with van der Waals surface area (Å²) in [6, 6.07) is 7.75. The third-order valence-electron chi connectivity index (χ3n) is 5.28. The summed E-state index contributed by atoms with van der Waals surface area (Å²) < 4.78 is 28.3. The van der Waals surface area contributed by atoms with Gasteiger partial charge in [0, 0.05) is 38.3 Å². The number of hydrogen-bond acceptors (Lipinski definition) is 4. The molecule has 7 nitrogen and oxygen atoms in total. The second kappa shape index (κ2) is 13.0. The monoisotopic (exact) mass is 565 g/mol. The number of benzene rings is 1. The molecule has 1 aromatic carbocycles. The van der Waals surface area contributed by atoms with E-state index in [-0.39, 0.29) is 24.0 Å². The Kier molecular flexibility index (Phi) is 11.8. The van der Waals surface area contributed by atoms with Gasteiger partial charge in [0.25, 0.3) is 0 Å². The predicted molar refractivity (Wildman–Crippen MR) is 140 cm³/mol. The fraction of sp³-hybridized carbons (Fsp3) is 0.682. The molecule has 1 atom stereocenters. The first-order valence-electron chi connectivity index (χ1n) is 11.0. The summed E-state index contributed by atoms with van der Waals surface area (Å²) in [6.07, 6.45) is 5.09. The smallest absolute Gasteiger partial charge is 0.241 e. The van der Waals surface area contributed by atoms with Gasteiger partial charge in [0.1, 0.15) is 0 Å². The highest BCUT2D eigenvalue weighted by Crippen LogP contribution is 2.19. The Morgan fingerprint density at radius 3 is 2.55 bits per heavy atom. The molecule has 1 fully saturated rings. The molecule has 0 saturated carbocycles. The van der Waals surface area contributed by atoms with Gasteiger partial charge in [-0.15, -0.1) is 24.0 Å². The van der Waals surface area contributed by atoms with Crippen LogP contribution in [0.4, 0.5) is 0 Å². The fourth-order valence-corrected chi connectivity index (χ4v) is 5.56. The summed E-state index contributed by atoms with van der Waals surface area (Å²) in [5.74, 6) is 0.677. The van der Waals surface area contributed by atoms with Crippen LogP contribution < -0.4 is 15.4 Å². The minimum absolute atomic E-state index is 0. The van der Waals surface area contributed by atoms with Gasteiger partial charge in [-0.1, -0.05) is 31.5 Å². The zero-order valence-corrected chi connectivity index (χ0v) is 22.7. The lowest BCUT2D eigenvalue weighted by atomic mass is 10.0. The molecule has 0 bridgehead atoms. The molecule has 3 N–H and O–H groups in total. The van der Waals surface area contributed by atoms with E-state index >= 15 is 0 Å². The molecule has 1 unspecified atom stereocenters. The van der Waals surface area contributed by atoms with Gasteiger partial charge in [0.2, 0.25) is 10.0 Å². The molecule has 31 heavy (non-hydrogen) atoms. The maximum Gasteiger partial charge on any atom is 0.241 e. The highest BCUT2D eigenvalue weighted by molar-refractivity contribution is 14.0. The highest BCUT2D eigenvalue weighted by atomic mass is 127. The molecular formula is C22H40IN5O2S. The highest BCUT2D eigenvalue weighted by Gasteiger charge is 2.24. The lowest BCUT2D eigenvalue weighted by Gasteiger charge is -2.35. The topological polar surface area (TPSA) is 85.8 Å². The second-order valence-corrected chi connectivity index (χ2v) is 10.6. The van der Waals surface area contributed by atoms with Crippen molar-refractivity contribution in [3.8, 4) is 0 Å². The average molecular weight is 566 g/mol. The van der Waals surface area contributed by atoms with E-state index in [1.807, 2.05) is 32.9 Å². The van der Waals surface area contributed by atoms with Crippen molar-refractivity contribution in [1.82, 2.24) is 20.3 Å². The Morgan fingerprint density at radius 1 is 1.19 bits per heavy atom. The molecule has 1 aliphatic heterocycles. The number of aliphatic imine (C=N–C) groups is 1. The van der Waals surface area contributed by atoms with Crippen LogP contribution in [0.1, 0.15) is 58.9 Å². The van der Waals surface area contributed by atoms with Crippen molar-refractivity contribution in [2.45, 2.75) is 76.4 Å². The zero-order chi connectivity index (χ0) is 22.2. The molecule has 0 aliphatic carbocycles. The van der Waals surface area contributed by atoms with Crippen molar-refractivity contribution in [1.29, 1.82) is 0 Å². The van der Waals surface area contributed by atoms with Gasteiger partial charge in [-0.3, -0.25) is 9.89 Å². The number of sulfonamides is 1. The van der Waals surface area contributed by atoms with Crippen LogP contribution in [0.5, 0.6) is 0 Å². The maximum atomic E-state index is 12.8. The lowest BCUT2D eigenvalue weighted by Crippen LogP contribution is -2.46. The van der Waals surface area contributed by atoms with Gasteiger partial charge in [0.15, 0.2) is 5.96 Å². The molecule has 178 valence electrons. The van der Waals surface area contributed by atoms with Gasteiger partial charge in [-0.05, 0) is 58.2 Å². The standard InChI is InChI=1S/C22H39N5O2S.HI/c1-6-19-12-9-10-15-27(19)16-14-24-21(23-5)25-17-18-11-7-8-13-20(18)30(28,29)26-22(2,3)4;/h7-8,11,13,19,26H,6,9-10,12,14-17H2,1-5H3,(H2,23,24,25);1H. The van der Waals surface area contributed by atoms with Crippen LogP contribution in [0, 0.1) is 0 Å². The number of rotatable bonds is 8. The summed E-state index contributed by atoms with van der Waals surface area (Å²) in [7, 11) is -1.87. The van der Waals surface area contributed by atoms with E-state index in [4.69, 9.17) is 0 Å². The molecule has 1 aromatic rings. The zero-order valence-electron chi connectivity index (χ0n) is 19.6. The van der Waals surface area contributed by atoms with Gasteiger partial charge in [0.05, 0.1) is 4.90 Å². The molecule has 0 amide bonds. The van der Waals surface area contributed by atoms with E-state index in [9.17, 15) is 8.42 Å². The number of nitrogens with one attached hydrogen (secondary N) is 3. The molecular weight excluding hydrogens is 525 g/mol. The minimum Gasteiger partial charge on any atom is -0.355 e. The first-order valence-corrected chi connectivity index (χ1v) is 12.4. The predicted octanol–water partition coefficient (Wildman–Crippen LogP) is 3.31. The summed E-state index contributed by atoms with van der Waals surface area (Å²) in [6.45, 7) is 11.1. The number of likely N-dealkylation sites (tertiary alicyclic amines) is 1. The van der Waals surface area contributed by atoms with E-state index in [2.05, 4.69) is 32.2 Å². The van der Waals surface area contributed by atoms with Crippen molar-refractivity contribution in [2.24, 2.45) is 4.99 Å². The molecule has 2 rings (SSSR count). The van der Waals surface area contributed by atoms with Gasteiger partial charge >= 0.3 is 0 Å². The van der Waals surface area contributed by atoms with Crippen LogP contribution >= 0.6 is 24.0 Å². The average Bonchev–Trinajstić information content (AvgIpc) is 2.69. The Balaban J connectivity index is 0.00000480. The Bertz CT molecular complexity index is 808. The quantitative estimate of drug-likeness (QED) is 0.256. The number of halogens is 1. The molecule has 0 aromatic heterocycles. The van der Waals surface area contributed by atoms with Crippen LogP contribution in [0.3, 0.4) is 0 Å². The number of nitrogens with zero attached hydrogens (tertiary/aromatic N) is 2. The van der Waals surface area contributed by atoms with Gasteiger partial charge < -0.3 is 10.6 Å². The number of guanidine groups is 1. The number of piperidine rings is 1. The molecule has 1 saturated heterocycles. The molecule has 9 heteroatoms. The van der Waals surface area contributed by atoms with Crippen molar-refractivity contribution in [2.75, 3.05) is 26.7 Å². The largest absolute Gasteiger partial charge is 0.355 e. The third-order valence-corrected chi connectivity index (χ3v) is 7.14. The van der Waals surface area contributed by atoms with Crippen LogP contribution in [0.15, 0.2) is 34.2 Å². The summed E-state index contributed by atoms with van der Waals surface area (Å²) >= 11 is 0. The minimum atomic E-state index is -3.60. The van der Waals surface area contributed by atoms with Crippen LogP contribution in [-0.4, -0.2) is 57.5 Å². The molecule has 1 aliphatic rings. The fourth-order valence-electron chi connectivity index (χ4n) is 3.90. The molecule has 0 radical (unpaired) electrons. The Hall–Kier alpha value is -0.910. The first-order chi connectivity index (χ1) is 14.2.